The third-order valence-corrected chi connectivity index (χ3v) is 4.49. The average Bonchev–Trinajstić information content (AvgIpc) is 2.95. The number of aromatic nitrogens is 1. The van der Waals surface area contributed by atoms with Crippen LogP contribution in [0.2, 0.25) is 0 Å². The van der Waals surface area contributed by atoms with Crippen molar-refractivity contribution in [2.24, 2.45) is 0 Å². The first-order valence-corrected chi connectivity index (χ1v) is 8.46. The van der Waals surface area contributed by atoms with Crippen LogP contribution in [0.1, 0.15) is 27.8 Å². The van der Waals surface area contributed by atoms with Crippen LogP contribution >= 0.6 is 0 Å². The van der Waals surface area contributed by atoms with Gasteiger partial charge >= 0.3 is 0 Å². The minimum atomic E-state index is -0.313. The fourth-order valence-corrected chi connectivity index (χ4v) is 3.17. The summed E-state index contributed by atoms with van der Waals surface area (Å²) in [4.78, 5) is 19.2. The lowest BCUT2D eigenvalue weighted by atomic mass is 10.2. The number of carbonyl (C=O) groups excluding carboxylic acids is 1. The number of ether oxygens (including phenoxy) is 1. The van der Waals surface area contributed by atoms with E-state index in [1.54, 1.807) is 19.4 Å². The molecule has 5 nitrogen and oxygen atoms in total. The van der Waals surface area contributed by atoms with Gasteiger partial charge in [-0.05, 0) is 42.0 Å². The first-order chi connectivity index (χ1) is 12.8. The highest BCUT2D eigenvalue weighted by Gasteiger charge is 2.37. The minimum Gasteiger partial charge on any atom is -0.497 e. The molecule has 1 aliphatic rings. The van der Waals surface area contributed by atoms with Crippen molar-refractivity contribution in [1.29, 1.82) is 0 Å². The Morgan fingerprint density at radius 2 is 1.81 bits per heavy atom. The van der Waals surface area contributed by atoms with Crippen LogP contribution in [0.15, 0.2) is 72.9 Å². The van der Waals surface area contributed by atoms with E-state index in [-0.39, 0.29) is 12.1 Å². The molecule has 0 fully saturated rings. The van der Waals surface area contributed by atoms with Crippen molar-refractivity contribution in [3.8, 4) is 5.75 Å². The molecule has 2 heterocycles. The summed E-state index contributed by atoms with van der Waals surface area (Å²) in [6.07, 6.45) is 1.41. The second kappa shape index (κ2) is 6.88. The monoisotopic (exact) mass is 345 g/mol. The van der Waals surface area contributed by atoms with Gasteiger partial charge in [-0.2, -0.15) is 0 Å². The maximum Gasteiger partial charge on any atom is 0.258 e. The Kier molecular flexibility index (Phi) is 4.27. The van der Waals surface area contributed by atoms with Gasteiger partial charge < -0.3 is 15.0 Å². The van der Waals surface area contributed by atoms with Crippen molar-refractivity contribution in [1.82, 2.24) is 9.88 Å². The van der Waals surface area contributed by atoms with E-state index in [0.29, 0.717) is 12.1 Å². The van der Waals surface area contributed by atoms with Crippen molar-refractivity contribution in [3.63, 3.8) is 0 Å². The molecule has 1 N–H and O–H groups in total. The maximum absolute atomic E-state index is 12.9. The minimum absolute atomic E-state index is 0.0111. The van der Waals surface area contributed by atoms with Gasteiger partial charge in [0.25, 0.3) is 5.91 Å². The van der Waals surface area contributed by atoms with Gasteiger partial charge in [0, 0.05) is 18.4 Å². The van der Waals surface area contributed by atoms with E-state index in [4.69, 9.17) is 4.74 Å². The van der Waals surface area contributed by atoms with Gasteiger partial charge in [-0.25, -0.2) is 0 Å². The molecule has 1 amide bonds. The highest BCUT2D eigenvalue weighted by molar-refractivity contribution is 5.98. The number of hydrogen-bond acceptors (Lipinski definition) is 4. The van der Waals surface area contributed by atoms with Gasteiger partial charge in [0.05, 0.1) is 18.4 Å². The number of amides is 1. The van der Waals surface area contributed by atoms with Crippen molar-refractivity contribution in [2.45, 2.75) is 12.7 Å². The van der Waals surface area contributed by atoms with Gasteiger partial charge in [0.1, 0.15) is 11.9 Å². The molecule has 26 heavy (non-hydrogen) atoms. The van der Waals surface area contributed by atoms with E-state index < -0.39 is 0 Å². The number of nitrogens with zero attached hydrogens (tertiary/aromatic N) is 2. The molecule has 5 heteroatoms. The molecule has 4 rings (SSSR count). The van der Waals surface area contributed by atoms with Crippen LogP contribution in [0.3, 0.4) is 0 Å². The topological polar surface area (TPSA) is 54.5 Å². The maximum atomic E-state index is 12.9. The smallest absolute Gasteiger partial charge is 0.258 e. The van der Waals surface area contributed by atoms with E-state index in [9.17, 15) is 4.79 Å². The zero-order valence-corrected chi connectivity index (χ0v) is 14.4. The van der Waals surface area contributed by atoms with Crippen molar-refractivity contribution >= 4 is 11.6 Å². The highest BCUT2D eigenvalue weighted by atomic mass is 16.5. The molecular formula is C21H19N3O2. The molecule has 0 aliphatic carbocycles. The summed E-state index contributed by atoms with van der Waals surface area (Å²) in [5.74, 6) is 0.778. The Hall–Kier alpha value is -3.34. The summed E-state index contributed by atoms with van der Waals surface area (Å²) in [5.41, 5.74) is 3.38. The highest BCUT2D eigenvalue weighted by Crippen LogP contribution is 2.34. The Balaban J connectivity index is 1.66. The van der Waals surface area contributed by atoms with E-state index >= 15 is 0 Å². The Morgan fingerprint density at radius 3 is 2.54 bits per heavy atom. The number of pyridine rings is 1. The Morgan fingerprint density at radius 1 is 1.04 bits per heavy atom. The summed E-state index contributed by atoms with van der Waals surface area (Å²) in [5, 5.41) is 3.44. The fourth-order valence-electron chi connectivity index (χ4n) is 3.17. The number of fused-ring (bicyclic) bond motifs is 1. The number of rotatable bonds is 5. The van der Waals surface area contributed by atoms with Crippen molar-refractivity contribution in [3.05, 3.63) is 89.7 Å². The molecule has 1 unspecified atom stereocenters. The summed E-state index contributed by atoms with van der Waals surface area (Å²) in [7, 11) is 1.64. The van der Waals surface area contributed by atoms with Gasteiger partial charge in [0.2, 0.25) is 0 Å². The van der Waals surface area contributed by atoms with Gasteiger partial charge in [-0.3, -0.25) is 9.78 Å². The first kappa shape index (κ1) is 16.1. The van der Waals surface area contributed by atoms with Crippen LogP contribution in [0.5, 0.6) is 5.75 Å². The van der Waals surface area contributed by atoms with Crippen molar-refractivity contribution in [2.75, 3.05) is 12.4 Å². The zero-order valence-electron chi connectivity index (χ0n) is 14.4. The summed E-state index contributed by atoms with van der Waals surface area (Å²) in [6, 6.07) is 21.3. The van der Waals surface area contributed by atoms with Gasteiger partial charge in [-0.15, -0.1) is 0 Å². The van der Waals surface area contributed by atoms with Crippen molar-refractivity contribution < 1.29 is 9.53 Å². The third-order valence-electron chi connectivity index (χ3n) is 4.49. The van der Waals surface area contributed by atoms with E-state index in [1.165, 1.54) is 0 Å². The molecular weight excluding hydrogens is 326 g/mol. The largest absolute Gasteiger partial charge is 0.497 e. The van der Waals surface area contributed by atoms with Crippen LogP contribution in [0.4, 0.5) is 5.69 Å². The quantitative estimate of drug-likeness (QED) is 0.763. The summed E-state index contributed by atoms with van der Waals surface area (Å²) < 4.78 is 5.21. The lowest BCUT2D eigenvalue weighted by molar-refractivity contribution is 0.0728. The predicted octanol–water partition coefficient (Wildman–Crippen LogP) is 3.86. The zero-order chi connectivity index (χ0) is 17.9. The lowest BCUT2D eigenvalue weighted by Crippen LogP contribution is -2.32. The lowest BCUT2D eigenvalue weighted by Gasteiger charge is -2.26. The van der Waals surface area contributed by atoms with Gasteiger partial charge in [-0.1, -0.05) is 30.3 Å². The molecule has 1 aliphatic heterocycles. The Labute approximate surface area is 152 Å². The molecule has 0 spiro atoms. The number of carbonyl (C=O) groups is 1. The molecule has 1 aromatic heterocycles. The van der Waals surface area contributed by atoms with E-state index in [0.717, 1.165) is 22.7 Å². The SMILES string of the molecule is COc1ccc(NC2c3ncccc3C(=O)N2Cc2ccccc2)cc1. The fraction of sp³-hybridized carbons (Fsp3) is 0.143. The Bertz CT molecular complexity index is 910. The van der Waals surface area contributed by atoms with Crippen LogP contribution in [0.25, 0.3) is 0 Å². The summed E-state index contributed by atoms with van der Waals surface area (Å²) in [6.45, 7) is 0.518. The van der Waals surface area contributed by atoms with Crippen LogP contribution in [0, 0.1) is 0 Å². The normalized spacial score (nSPS) is 15.7. The molecule has 0 radical (unpaired) electrons. The number of nitrogens with one attached hydrogen (secondary N) is 1. The molecule has 130 valence electrons. The van der Waals surface area contributed by atoms with Gasteiger partial charge in [0.15, 0.2) is 0 Å². The molecule has 2 aromatic carbocycles. The standard InChI is InChI=1S/C21H19N3O2/c1-26-17-11-9-16(10-12-17)23-20-19-18(8-5-13-22-19)21(25)24(20)14-15-6-3-2-4-7-15/h2-13,20,23H,14H2,1H3. The second-order valence-electron chi connectivity index (χ2n) is 6.13. The number of methoxy groups -OCH3 is 1. The van der Waals surface area contributed by atoms with E-state index in [2.05, 4.69) is 10.3 Å². The molecule has 0 saturated heterocycles. The first-order valence-electron chi connectivity index (χ1n) is 8.46. The molecule has 3 aromatic rings. The average molecular weight is 345 g/mol. The molecule has 1 atom stereocenters. The number of benzene rings is 2. The van der Waals surface area contributed by atoms with E-state index in [1.807, 2.05) is 65.6 Å². The third kappa shape index (κ3) is 2.99. The predicted molar refractivity (Wildman–Crippen MR) is 99.9 cm³/mol. The van der Waals surface area contributed by atoms with Crippen LogP contribution in [-0.2, 0) is 6.54 Å². The number of hydrogen-bond donors (Lipinski definition) is 1. The summed E-state index contributed by atoms with van der Waals surface area (Å²) >= 11 is 0. The molecule has 0 saturated carbocycles. The molecule has 0 bridgehead atoms. The number of anilines is 1. The van der Waals surface area contributed by atoms with Crippen LogP contribution < -0.4 is 10.1 Å². The second-order valence-corrected chi connectivity index (χ2v) is 6.13. The van der Waals surface area contributed by atoms with Crippen LogP contribution in [-0.4, -0.2) is 22.9 Å².